The Kier molecular flexibility index (Phi) is 6.28. The normalized spacial score (nSPS) is 15.5. The van der Waals surface area contributed by atoms with Gasteiger partial charge in [-0.3, -0.25) is 4.79 Å². The van der Waals surface area contributed by atoms with Crippen molar-refractivity contribution in [2.24, 2.45) is 0 Å². The van der Waals surface area contributed by atoms with Gasteiger partial charge in [-0.2, -0.15) is 0 Å². The van der Waals surface area contributed by atoms with Crippen molar-refractivity contribution >= 4 is 28.9 Å². The van der Waals surface area contributed by atoms with Crippen molar-refractivity contribution in [1.82, 2.24) is 0 Å². The van der Waals surface area contributed by atoms with Crippen LogP contribution in [0.2, 0.25) is 5.02 Å². The third-order valence-corrected chi connectivity index (χ3v) is 5.82. The monoisotopic (exact) mass is 450 g/mol. The maximum absolute atomic E-state index is 13.4. The summed E-state index contributed by atoms with van der Waals surface area (Å²) in [7, 11) is 3.49. The Morgan fingerprint density at radius 2 is 1.72 bits per heavy atom. The van der Waals surface area contributed by atoms with Gasteiger partial charge in [-0.05, 0) is 79.1 Å². The Morgan fingerprint density at radius 1 is 1.03 bits per heavy atom. The second kappa shape index (κ2) is 9.13. The molecule has 6 heteroatoms. The molecule has 1 aliphatic rings. The molecule has 1 unspecified atom stereocenters. The lowest BCUT2D eigenvalue weighted by Crippen LogP contribution is -2.41. The van der Waals surface area contributed by atoms with Crippen molar-refractivity contribution in [2.45, 2.75) is 32.4 Å². The molecule has 5 nitrogen and oxygen atoms in total. The maximum Gasteiger partial charge on any atom is 0.232 e. The third-order valence-electron chi connectivity index (χ3n) is 5.57. The number of fused-ring (bicyclic) bond motifs is 1. The molecule has 0 saturated carbocycles. The fraction of sp³-hybridized carbons (Fsp3) is 0.269. The van der Waals surface area contributed by atoms with E-state index in [1.54, 1.807) is 7.11 Å². The molecule has 0 aliphatic carbocycles. The van der Waals surface area contributed by atoms with Crippen LogP contribution in [0, 0.1) is 0 Å². The largest absolute Gasteiger partial charge is 0.493 e. The number of anilines is 2. The molecule has 1 heterocycles. The van der Waals surface area contributed by atoms with Crippen molar-refractivity contribution in [1.29, 1.82) is 0 Å². The summed E-state index contributed by atoms with van der Waals surface area (Å²) in [4.78, 5) is 15.3. The number of halogens is 1. The highest BCUT2D eigenvalue weighted by molar-refractivity contribution is 6.30. The van der Waals surface area contributed by atoms with Gasteiger partial charge in [-0.25, -0.2) is 0 Å². The second-order valence-electron chi connectivity index (χ2n) is 8.06. The van der Waals surface area contributed by atoms with Gasteiger partial charge < -0.3 is 19.7 Å². The molecule has 1 amide bonds. The van der Waals surface area contributed by atoms with Gasteiger partial charge in [0.25, 0.3) is 0 Å². The van der Waals surface area contributed by atoms with Crippen LogP contribution < -0.4 is 19.7 Å². The molecule has 0 radical (unpaired) electrons. The third kappa shape index (κ3) is 4.26. The molecule has 0 bridgehead atoms. The van der Waals surface area contributed by atoms with E-state index in [9.17, 15) is 4.79 Å². The van der Waals surface area contributed by atoms with Crippen molar-refractivity contribution < 1.29 is 14.3 Å². The minimum absolute atomic E-state index is 0.00801. The molecule has 4 rings (SSSR count). The minimum Gasteiger partial charge on any atom is -0.493 e. The molecule has 1 aliphatic heterocycles. The smallest absolute Gasteiger partial charge is 0.232 e. The first-order valence-corrected chi connectivity index (χ1v) is 11.0. The van der Waals surface area contributed by atoms with Crippen LogP contribution in [0.3, 0.4) is 0 Å². The van der Waals surface area contributed by atoms with Crippen LogP contribution in [-0.4, -0.2) is 26.2 Å². The topological polar surface area (TPSA) is 50.8 Å². The highest BCUT2D eigenvalue weighted by Crippen LogP contribution is 2.43. The zero-order chi connectivity index (χ0) is 22.8. The van der Waals surface area contributed by atoms with E-state index in [0.29, 0.717) is 16.5 Å². The molecule has 1 atom stereocenters. The number of benzene rings is 3. The number of carbonyl (C=O) groups excluding carboxylic acids is 1. The Bertz CT molecular complexity index is 1110. The summed E-state index contributed by atoms with van der Waals surface area (Å²) in [6, 6.07) is 19.1. The lowest BCUT2D eigenvalue weighted by atomic mass is 9.86. The molecule has 0 spiro atoms. The van der Waals surface area contributed by atoms with E-state index in [0.717, 1.165) is 28.1 Å². The van der Waals surface area contributed by atoms with E-state index in [1.165, 1.54) is 0 Å². The Labute approximate surface area is 193 Å². The van der Waals surface area contributed by atoms with Crippen LogP contribution in [0.15, 0.2) is 60.7 Å². The average molecular weight is 451 g/mol. The van der Waals surface area contributed by atoms with Crippen LogP contribution >= 0.6 is 11.6 Å². The minimum atomic E-state index is -0.315. The summed E-state index contributed by atoms with van der Waals surface area (Å²) in [5.74, 6) is 1.32. The van der Waals surface area contributed by atoms with Gasteiger partial charge in [0.15, 0.2) is 11.5 Å². The number of hydrogen-bond donors (Lipinski definition) is 1. The van der Waals surface area contributed by atoms with Crippen molar-refractivity contribution in [2.75, 3.05) is 24.4 Å². The van der Waals surface area contributed by atoms with Crippen LogP contribution in [-0.2, 0) is 11.2 Å². The van der Waals surface area contributed by atoms with Crippen LogP contribution in [0.25, 0.3) is 0 Å². The van der Waals surface area contributed by atoms with E-state index in [4.69, 9.17) is 21.1 Å². The summed E-state index contributed by atoms with van der Waals surface area (Å²) in [5.41, 5.74) is 4.75. The molecule has 32 heavy (non-hydrogen) atoms. The van der Waals surface area contributed by atoms with Gasteiger partial charge in [0.05, 0.1) is 25.7 Å². The predicted molar refractivity (Wildman–Crippen MR) is 129 cm³/mol. The molecule has 0 saturated heterocycles. The van der Waals surface area contributed by atoms with Crippen LogP contribution in [0.1, 0.15) is 36.6 Å². The number of ether oxygens (including phenoxy) is 2. The van der Waals surface area contributed by atoms with Crippen molar-refractivity contribution in [3.05, 3.63) is 82.4 Å². The van der Waals surface area contributed by atoms with Gasteiger partial charge in [0.2, 0.25) is 5.91 Å². The van der Waals surface area contributed by atoms with Gasteiger partial charge in [0.1, 0.15) is 0 Å². The molecular formula is C26H27ClN2O3. The number of methoxy groups -OCH3 is 1. The fourth-order valence-electron chi connectivity index (χ4n) is 4.12. The standard InChI is InChI=1S/C26H27ClN2O3/c1-16(2)32-24-15-22-18(13-23(24)31-4)14-25(30)29(21-11-9-20(28-3)10-12-21)26(22)17-5-7-19(27)8-6-17/h5-13,15-16,26,28H,14H2,1-4H3. The van der Waals surface area contributed by atoms with Gasteiger partial charge in [-0.15, -0.1) is 0 Å². The molecule has 0 aromatic heterocycles. The Balaban J connectivity index is 1.90. The first-order valence-electron chi connectivity index (χ1n) is 10.6. The Hall–Kier alpha value is -3.18. The maximum atomic E-state index is 13.4. The first-order chi connectivity index (χ1) is 15.4. The van der Waals surface area contributed by atoms with Crippen molar-refractivity contribution in [3.63, 3.8) is 0 Å². The molecule has 0 fully saturated rings. The summed E-state index contributed by atoms with van der Waals surface area (Å²) in [6.45, 7) is 3.96. The van der Waals surface area contributed by atoms with E-state index in [1.807, 2.05) is 86.5 Å². The molecule has 166 valence electrons. The number of amides is 1. The van der Waals surface area contributed by atoms with E-state index >= 15 is 0 Å². The summed E-state index contributed by atoms with van der Waals surface area (Å²) < 4.78 is 11.6. The molecule has 3 aromatic rings. The van der Waals surface area contributed by atoms with Crippen LogP contribution in [0.4, 0.5) is 11.4 Å². The van der Waals surface area contributed by atoms with E-state index in [-0.39, 0.29) is 24.5 Å². The number of nitrogens with zero attached hydrogens (tertiary/aromatic N) is 1. The van der Waals surface area contributed by atoms with Gasteiger partial charge in [0, 0.05) is 23.4 Å². The number of hydrogen-bond acceptors (Lipinski definition) is 4. The zero-order valence-electron chi connectivity index (χ0n) is 18.7. The average Bonchev–Trinajstić information content (AvgIpc) is 2.78. The van der Waals surface area contributed by atoms with E-state index in [2.05, 4.69) is 5.32 Å². The summed E-state index contributed by atoms with van der Waals surface area (Å²) in [5, 5.41) is 3.78. The lowest BCUT2D eigenvalue weighted by molar-refractivity contribution is -0.118. The van der Waals surface area contributed by atoms with E-state index < -0.39 is 0 Å². The highest BCUT2D eigenvalue weighted by atomic mass is 35.5. The quantitative estimate of drug-likeness (QED) is 0.511. The van der Waals surface area contributed by atoms with Crippen molar-refractivity contribution in [3.8, 4) is 11.5 Å². The number of rotatable bonds is 6. The highest BCUT2D eigenvalue weighted by Gasteiger charge is 2.36. The SMILES string of the molecule is CNc1ccc(N2C(=O)Cc3cc(OC)c(OC(C)C)cc3C2c2ccc(Cl)cc2)cc1. The molecule has 1 N–H and O–H groups in total. The molecular weight excluding hydrogens is 424 g/mol. The number of nitrogens with one attached hydrogen (secondary N) is 1. The lowest BCUT2D eigenvalue weighted by Gasteiger charge is -2.38. The first kappa shape index (κ1) is 22.0. The Morgan fingerprint density at radius 3 is 2.31 bits per heavy atom. The predicted octanol–water partition coefficient (Wildman–Crippen LogP) is 5.86. The second-order valence-corrected chi connectivity index (χ2v) is 8.50. The summed E-state index contributed by atoms with van der Waals surface area (Å²) in [6.07, 6.45) is 0.275. The fourth-order valence-corrected chi connectivity index (χ4v) is 4.24. The van der Waals surface area contributed by atoms with Crippen LogP contribution in [0.5, 0.6) is 11.5 Å². The zero-order valence-corrected chi connectivity index (χ0v) is 19.4. The summed E-state index contributed by atoms with van der Waals surface area (Å²) >= 11 is 6.16. The van der Waals surface area contributed by atoms with Gasteiger partial charge in [-0.1, -0.05) is 23.7 Å². The number of carbonyl (C=O) groups is 1. The van der Waals surface area contributed by atoms with Gasteiger partial charge >= 0.3 is 0 Å². The molecule has 3 aromatic carbocycles.